The van der Waals surface area contributed by atoms with Crippen LogP contribution in [0.3, 0.4) is 0 Å². The van der Waals surface area contributed by atoms with E-state index in [4.69, 9.17) is 9.47 Å². The minimum Gasteiger partial charge on any atom is -0.490 e. The first-order valence-electron chi connectivity index (χ1n) is 9.96. The number of ether oxygens (including phenoxy) is 2. The molecule has 1 amide bonds. The molecule has 2 heterocycles. The van der Waals surface area contributed by atoms with Crippen molar-refractivity contribution < 1.29 is 23.0 Å². The molecule has 7 heteroatoms. The monoisotopic (exact) mass is 402 g/mol. The zero-order valence-electron chi connectivity index (χ0n) is 16.1. The molecule has 0 aliphatic carbocycles. The first-order valence-corrected chi connectivity index (χ1v) is 9.96. The fourth-order valence-electron chi connectivity index (χ4n) is 3.76. The van der Waals surface area contributed by atoms with Crippen LogP contribution >= 0.6 is 0 Å². The summed E-state index contributed by atoms with van der Waals surface area (Å²) in [7, 11) is 0. The zero-order chi connectivity index (χ0) is 20.2. The van der Waals surface area contributed by atoms with E-state index >= 15 is 0 Å². The molecule has 1 saturated heterocycles. The minimum absolute atomic E-state index is 0.0384. The number of halogens is 2. The molecule has 2 aromatic carbocycles. The minimum atomic E-state index is -0.593. The predicted molar refractivity (Wildman–Crippen MR) is 105 cm³/mol. The van der Waals surface area contributed by atoms with Gasteiger partial charge < -0.3 is 19.7 Å². The third kappa shape index (κ3) is 4.78. The fourth-order valence-corrected chi connectivity index (χ4v) is 3.76. The summed E-state index contributed by atoms with van der Waals surface area (Å²) in [5.74, 6) is 0.267. The van der Waals surface area contributed by atoms with E-state index in [-0.39, 0.29) is 11.9 Å². The lowest BCUT2D eigenvalue weighted by atomic mass is 10.1. The van der Waals surface area contributed by atoms with Crippen LogP contribution in [0.2, 0.25) is 0 Å². The number of fused-ring (bicyclic) bond motifs is 1. The molecule has 2 aliphatic heterocycles. The normalized spacial score (nSPS) is 18.4. The van der Waals surface area contributed by atoms with Crippen LogP contribution in [0.5, 0.6) is 11.5 Å². The van der Waals surface area contributed by atoms with E-state index in [1.54, 1.807) is 0 Å². The molecule has 1 fully saturated rings. The summed E-state index contributed by atoms with van der Waals surface area (Å²) < 4.78 is 38.4. The van der Waals surface area contributed by atoms with E-state index in [1.807, 2.05) is 23.1 Å². The Labute approximate surface area is 168 Å². The Morgan fingerprint density at radius 2 is 1.93 bits per heavy atom. The van der Waals surface area contributed by atoms with Crippen molar-refractivity contribution in [3.8, 4) is 11.5 Å². The number of benzene rings is 2. The van der Waals surface area contributed by atoms with Gasteiger partial charge in [-0.25, -0.2) is 8.78 Å². The Morgan fingerprint density at radius 3 is 2.76 bits per heavy atom. The SMILES string of the molecule is O=C(CCc1ccc2c(c1)OCCCO2)NC1CCN(c2ccc(F)cc2F)C1. The number of hydrogen-bond acceptors (Lipinski definition) is 4. The Balaban J connectivity index is 1.28. The number of amides is 1. The summed E-state index contributed by atoms with van der Waals surface area (Å²) in [6.07, 6.45) is 2.55. The fraction of sp³-hybridized carbons (Fsp3) is 0.409. The molecule has 0 spiro atoms. The maximum absolute atomic E-state index is 14.0. The lowest BCUT2D eigenvalue weighted by Gasteiger charge is -2.19. The number of hydrogen-bond donors (Lipinski definition) is 1. The second-order valence-electron chi connectivity index (χ2n) is 7.43. The first kappa shape index (κ1) is 19.5. The summed E-state index contributed by atoms with van der Waals surface area (Å²) in [6.45, 7) is 2.41. The number of anilines is 1. The molecule has 0 aromatic heterocycles. The van der Waals surface area contributed by atoms with Crippen LogP contribution in [-0.2, 0) is 11.2 Å². The molecule has 0 radical (unpaired) electrons. The topological polar surface area (TPSA) is 50.8 Å². The van der Waals surface area contributed by atoms with Gasteiger partial charge >= 0.3 is 0 Å². The van der Waals surface area contributed by atoms with Crippen LogP contribution < -0.4 is 19.7 Å². The maximum Gasteiger partial charge on any atom is 0.220 e. The quantitative estimate of drug-likeness (QED) is 0.832. The molecule has 4 rings (SSSR count). The molecule has 5 nitrogen and oxygen atoms in total. The van der Waals surface area contributed by atoms with Crippen LogP contribution in [0.25, 0.3) is 0 Å². The molecule has 2 aromatic rings. The van der Waals surface area contributed by atoms with E-state index in [9.17, 15) is 13.6 Å². The van der Waals surface area contributed by atoms with E-state index < -0.39 is 11.6 Å². The predicted octanol–water partition coefficient (Wildman–Crippen LogP) is 3.45. The van der Waals surface area contributed by atoms with Crippen LogP contribution in [0.4, 0.5) is 14.5 Å². The summed E-state index contributed by atoms with van der Waals surface area (Å²) in [4.78, 5) is 14.2. The summed E-state index contributed by atoms with van der Waals surface area (Å²) >= 11 is 0. The standard InChI is InChI=1S/C22H24F2N2O3/c23-16-4-5-19(18(24)13-16)26-9-8-17(14-26)25-22(27)7-3-15-2-6-20-21(12-15)29-11-1-10-28-20/h2,4-6,12-13,17H,1,3,7-11,14H2,(H,25,27). The molecular formula is C22H24F2N2O3. The summed E-state index contributed by atoms with van der Waals surface area (Å²) in [6, 6.07) is 9.31. The van der Waals surface area contributed by atoms with Crippen molar-refractivity contribution >= 4 is 11.6 Å². The van der Waals surface area contributed by atoms with Crippen molar-refractivity contribution in [2.75, 3.05) is 31.2 Å². The van der Waals surface area contributed by atoms with Crippen molar-refractivity contribution in [3.05, 3.63) is 53.6 Å². The van der Waals surface area contributed by atoms with Gasteiger partial charge in [-0.3, -0.25) is 4.79 Å². The molecule has 0 bridgehead atoms. The van der Waals surface area contributed by atoms with Gasteiger partial charge in [-0.15, -0.1) is 0 Å². The highest BCUT2D eigenvalue weighted by molar-refractivity contribution is 5.76. The van der Waals surface area contributed by atoms with Gasteiger partial charge in [-0.05, 0) is 42.7 Å². The largest absolute Gasteiger partial charge is 0.490 e. The Bertz CT molecular complexity index is 890. The Hall–Kier alpha value is -2.83. The van der Waals surface area contributed by atoms with Gasteiger partial charge in [0.2, 0.25) is 5.91 Å². The van der Waals surface area contributed by atoms with E-state index in [0.717, 1.165) is 36.0 Å². The van der Waals surface area contributed by atoms with Gasteiger partial charge in [-0.2, -0.15) is 0 Å². The van der Waals surface area contributed by atoms with E-state index in [1.165, 1.54) is 12.1 Å². The van der Waals surface area contributed by atoms with Crippen molar-refractivity contribution in [3.63, 3.8) is 0 Å². The van der Waals surface area contributed by atoms with Crippen molar-refractivity contribution in [1.82, 2.24) is 5.32 Å². The average molecular weight is 402 g/mol. The molecule has 2 aliphatic rings. The van der Waals surface area contributed by atoms with Crippen LogP contribution in [-0.4, -0.2) is 38.3 Å². The average Bonchev–Trinajstić information content (AvgIpc) is 3.02. The van der Waals surface area contributed by atoms with Crippen molar-refractivity contribution in [1.29, 1.82) is 0 Å². The highest BCUT2D eigenvalue weighted by Crippen LogP contribution is 2.31. The maximum atomic E-state index is 14.0. The lowest BCUT2D eigenvalue weighted by molar-refractivity contribution is -0.121. The number of nitrogens with zero attached hydrogens (tertiary/aromatic N) is 1. The number of rotatable bonds is 5. The van der Waals surface area contributed by atoms with Gasteiger partial charge in [0.05, 0.1) is 18.9 Å². The number of carbonyl (C=O) groups is 1. The van der Waals surface area contributed by atoms with E-state index in [2.05, 4.69) is 5.32 Å². The zero-order valence-corrected chi connectivity index (χ0v) is 16.1. The number of nitrogens with one attached hydrogen (secondary N) is 1. The van der Waals surface area contributed by atoms with Crippen LogP contribution in [0.15, 0.2) is 36.4 Å². The second kappa shape index (κ2) is 8.68. The van der Waals surface area contributed by atoms with Crippen LogP contribution in [0, 0.1) is 11.6 Å². The number of carbonyl (C=O) groups excluding carboxylic acids is 1. The second-order valence-corrected chi connectivity index (χ2v) is 7.43. The van der Waals surface area contributed by atoms with Gasteiger partial charge in [0.25, 0.3) is 0 Å². The van der Waals surface area contributed by atoms with Gasteiger partial charge in [0.1, 0.15) is 11.6 Å². The molecule has 29 heavy (non-hydrogen) atoms. The van der Waals surface area contributed by atoms with Gasteiger partial charge in [0.15, 0.2) is 11.5 Å². The highest BCUT2D eigenvalue weighted by Gasteiger charge is 2.25. The van der Waals surface area contributed by atoms with Crippen LogP contribution in [0.1, 0.15) is 24.8 Å². The molecule has 1 N–H and O–H groups in total. The Morgan fingerprint density at radius 1 is 1.10 bits per heavy atom. The molecule has 154 valence electrons. The smallest absolute Gasteiger partial charge is 0.220 e. The molecular weight excluding hydrogens is 378 g/mol. The third-order valence-electron chi connectivity index (χ3n) is 5.26. The molecule has 1 atom stereocenters. The van der Waals surface area contributed by atoms with E-state index in [0.29, 0.717) is 44.8 Å². The van der Waals surface area contributed by atoms with Crippen molar-refractivity contribution in [2.45, 2.75) is 31.7 Å². The first-order chi connectivity index (χ1) is 14.1. The number of aryl methyl sites for hydroxylation is 1. The lowest BCUT2D eigenvalue weighted by Crippen LogP contribution is -2.37. The van der Waals surface area contributed by atoms with Gasteiger partial charge in [-0.1, -0.05) is 6.07 Å². The Kier molecular flexibility index (Phi) is 5.83. The highest BCUT2D eigenvalue weighted by atomic mass is 19.1. The summed E-state index contributed by atoms with van der Waals surface area (Å²) in [5, 5.41) is 3.02. The van der Waals surface area contributed by atoms with Crippen molar-refractivity contribution in [2.24, 2.45) is 0 Å². The molecule has 1 unspecified atom stereocenters. The van der Waals surface area contributed by atoms with Gasteiger partial charge in [0, 0.05) is 38.0 Å². The third-order valence-corrected chi connectivity index (χ3v) is 5.26. The molecule has 0 saturated carbocycles. The summed E-state index contributed by atoms with van der Waals surface area (Å²) in [5.41, 5.74) is 1.39.